The van der Waals surface area contributed by atoms with Crippen molar-refractivity contribution in [1.29, 1.82) is 0 Å². The minimum absolute atomic E-state index is 0.895. The first-order valence-corrected chi connectivity index (χ1v) is 5.54. The van der Waals surface area contributed by atoms with E-state index in [-0.39, 0.29) is 0 Å². The van der Waals surface area contributed by atoms with Gasteiger partial charge in [0, 0.05) is 20.7 Å². The van der Waals surface area contributed by atoms with Crippen LogP contribution in [0.2, 0.25) is 0 Å². The molecule has 0 radical (unpaired) electrons. The van der Waals surface area contributed by atoms with Gasteiger partial charge in [0.2, 0.25) is 0 Å². The standard InChI is InChI=1S/C10H11NS2/c1-2-6-8(12)5-9-7(10(6)11)3-4-13-9/h3-5,12H,2,11H2,1H3. The van der Waals surface area contributed by atoms with Crippen molar-refractivity contribution in [3.8, 4) is 0 Å². The Bertz CT molecular complexity index is 445. The molecule has 0 aliphatic heterocycles. The third-order valence-corrected chi connectivity index (χ3v) is 3.50. The summed E-state index contributed by atoms with van der Waals surface area (Å²) < 4.78 is 1.22. The lowest BCUT2D eigenvalue weighted by Crippen LogP contribution is -1.94. The molecular weight excluding hydrogens is 198 g/mol. The lowest BCUT2D eigenvalue weighted by molar-refractivity contribution is 1.10. The Hall–Kier alpha value is -0.670. The molecule has 13 heavy (non-hydrogen) atoms. The van der Waals surface area contributed by atoms with E-state index in [0.29, 0.717) is 0 Å². The van der Waals surface area contributed by atoms with Gasteiger partial charge in [0.05, 0.1) is 0 Å². The molecule has 0 aliphatic rings. The quantitative estimate of drug-likeness (QED) is 0.547. The van der Waals surface area contributed by atoms with Crippen LogP contribution in [-0.4, -0.2) is 0 Å². The van der Waals surface area contributed by atoms with Crippen LogP contribution in [0.4, 0.5) is 5.69 Å². The maximum absolute atomic E-state index is 6.03. The van der Waals surface area contributed by atoms with Gasteiger partial charge in [0.1, 0.15) is 0 Å². The van der Waals surface area contributed by atoms with Gasteiger partial charge in [-0.25, -0.2) is 0 Å². The summed E-state index contributed by atoms with van der Waals surface area (Å²) in [5, 5.41) is 3.23. The maximum atomic E-state index is 6.03. The van der Waals surface area contributed by atoms with Crippen molar-refractivity contribution in [3.05, 3.63) is 23.1 Å². The van der Waals surface area contributed by atoms with E-state index in [2.05, 4.69) is 37.1 Å². The molecule has 3 heteroatoms. The molecule has 0 spiro atoms. The Kier molecular flexibility index (Phi) is 2.22. The van der Waals surface area contributed by atoms with Gasteiger partial charge < -0.3 is 5.73 Å². The molecular formula is C10H11NS2. The molecule has 0 unspecified atom stereocenters. The molecule has 2 rings (SSSR count). The van der Waals surface area contributed by atoms with Crippen LogP contribution in [0.3, 0.4) is 0 Å². The first kappa shape index (κ1) is 8.91. The highest BCUT2D eigenvalue weighted by Crippen LogP contribution is 2.33. The van der Waals surface area contributed by atoms with Gasteiger partial charge in [-0.05, 0) is 29.5 Å². The van der Waals surface area contributed by atoms with Crippen LogP contribution in [0.15, 0.2) is 22.4 Å². The minimum atomic E-state index is 0.895. The molecule has 0 amide bonds. The summed E-state index contributed by atoms with van der Waals surface area (Å²) in [6.07, 6.45) is 0.941. The van der Waals surface area contributed by atoms with Crippen LogP contribution in [0, 0.1) is 0 Å². The summed E-state index contributed by atoms with van der Waals surface area (Å²) in [7, 11) is 0. The largest absolute Gasteiger partial charge is 0.398 e. The number of thiol groups is 1. The molecule has 2 N–H and O–H groups in total. The molecule has 1 heterocycles. The van der Waals surface area contributed by atoms with E-state index in [1.807, 2.05) is 0 Å². The summed E-state index contributed by atoms with van der Waals surface area (Å²) in [5.41, 5.74) is 8.09. The fourth-order valence-electron chi connectivity index (χ4n) is 1.54. The lowest BCUT2D eigenvalue weighted by Gasteiger charge is -2.07. The molecule has 0 saturated heterocycles. The van der Waals surface area contributed by atoms with E-state index < -0.39 is 0 Å². The number of hydrogen-bond acceptors (Lipinski definition) is 3. The number of nitrogen functional groups attached to an aromatic ring is 1. The van der Waals surface area contributed by atoms with Crippen LogP contribution in [-0.2, 0) is 6.42 Å². The number of thiophene rings is 1. The van der Waals surface area contributed by atoms with E-state index in [9.17, 15) is 0 Å². The van der Waals surface area contributed by atoms with Gasteiger partial charge in [-0.1, -0.05) is 6.92 Å². The molecule has 0 atom stereocenters. The molecule has 68 valence electrons. The Morgan fingerprint density at radius 2 is 2.31 bits per heavy atom. The summed E-state index contributed by atoms with van der Waals surface area (Å²) in [6.45, 7) is 2.10. The highest BCUT2D eigenvalue weighted by molar-refractivity contribution is 7.80. The molecule has 0 fully saturated rings. The van der Waals surface area contributed by atoms with Gasteiger partial charge in [-0.15, -0.1) is 24.0 Å². The third kappa shape index (κ3) is 1.32. The molecule has 1 nitrogen and oxygen atoms in total. The van der Waals surface area contributed by atoms with Crippen molar-refractivity contribution >= 4 is 39.7 Å². The van der Waals surface area contributed by atoms with Gasteiger partial charge in [-0.3, -0.25) is 0 Å². The van der Waals surface area contributed by atoms with E-state index >= 15 is 0 Å². The molecule has 0 saturated carbocycles. The second-order valence-electron chi connectivity index (χ2n) is 2.97. The fourth-order valence-corrected chi connectivity index (χ4v) is 2.88. The first-order valence-electron chi connectivity index (χ1n) is 4.21. The Labute approximate surface area is 87.0 Å². The summed E-state index contributed by atoms with van der Waals surface area (Å²) >= 11 is 6.13. The number of benzene rings is 1. The van der Waals surface area contributed by atoms with Crippen molar-refractivity contribution in [2.24, 2.45) is 0 Å². The molecule has 0 bridgehead atoms. The smallest absolute Gasteiger partial charge is 0.0445 e. The van der Waals surface area contributed by atoms with Gasteiger partial charge in [0.25, 0.3) is 0 Å². The van der Waals surface area contributed by atoms with Crippen molar-refractivity contribution in [1.82, 2.24) is 0 Å². The Balaban J connectivity index is 2.85. The zero-order chi connectivity index (χ0) is 9.42. The average molecular weight is 209 g/mol. The molecule has 0 aliphatic carbocycles. The van der Waals surface area contributed by atoms with Gasteiger partial charge in [0.15, 0.2) is 0 Å². The second-order valence-corrected chi connectivity index (χ2v) is 4.40. The van der Waals surface area contributed by atoms with Crippen molar-refractivity contribution in [2.45, 2.75) is 18.2 Å². The van der Waals surface area contributed by atoms with Crippen LogP contribution in [0.5, 0.6) is 0 Å². The lowest BCUT2D eigenvalue weighted by atomic mass is 10.1. The number of fused-ring (bicyclic) bond motifs is 1. The van der Waals surface area contributed by atoms with E-state index in [1.165, 1.54) is 10.1 Å². The zero-order valence-electron chi connectivity index (χ0n) is 7.37. The number of nitrogens with two attached hydrogens (primary N) is 1. The number of anilines is 1. The molecule has 1 aromatic heterocycles. The minimum Gasteiger partial charge on any atom is -0.398 e. The predicted molar refractivity (Wildman–Crippen MR) is 62.9 cm³/mol. The van der Waals surface area contributed by atoms with Crippen LogP contribution in [0.1, 0.15) is 12.5 Å². The molecule has 2 aromatic rings. The highest BCUT2D eigenvalue weighted by atomic mass is 32.1. The van der Waals surface area contributed by atoms with E-state index in [0.717, 1.165) is 22.6 Å². The SMILES string of the molecule is CCc1c(S)cc2sccc2c1N. The predicted octanol–water partition coefficient (Wildman–Crippen LogP) is 3.33. The van der Waals surface area contributed by atoms with Crippen LogP contribution >= 0.6 is 24.0 Å². The van der Waals surface area contributed by atoms with E-state index in [4.69, 9.17) is 5.73 Å². The topological polar surface area (TPSA) is 26.0 Å². The van der Waals surface area contributed by atoms with E-state index in [1.54, 1.807) is 11.3 Å². The summed E-state index contributed by atoms with van der Waals surface area (Å²) in [6, 6.07) is 4.17. The van der Waals surface area contributed by atoms with Gasteiger partial charge >= 0.3 is 0 Å². The van der Waals surface area contributed by atoms with Crippen molar-refractivity contribution < 1.29 is 0 Å². The average Bonchev–Trinajstić information content (AvgIpc) is 2.53. The maximum Gasteiger partial charge on any atom is 0.0445 e. The number of rotatable bonds is 1. The first-order chi connectivity index (χ1) is 6.24. The van der Waals surface area contributed by atoms with Gasteiger partial charge in [-0.2, -0.15) is 0 Å². The van der Waals surface area contributed by atoms with Crippen molar-refractivity contribution in [2.75, 3.05) is 5.73 Å². The summed E-state index contributed by atoms with van der Waals surface area (Å²) in [5.74, 6) is 0. The van der Waals surface area contributed by atoms with Crippen LogP contribution < -0.4 is 5.73 Å². The molecule has 1 aromatic carbocycles. The van der Waals surface area contributed by atoms with Crippen molar-refractivity contribution in [3.63, 3.8) is 0 Å². The fraction of sp³-hybridized carbons (Fsp3) is 0.200. The number of hydrogen-bond donors (Lipinski definition) is 2. The zero-order valence-corrected chi connectivity index (χ0v) is 9.08. The highest BCUT2D eigenvalue weighted by Gasteiger charge is 2.07. The monoisotopic (exact) mass is 209 g/mol. The third-order valence-electron chi connectivity index (χ3n) is 2.24. The van der Waals surface area contributed by atoms with Crippen LogP contribution in [0.25, 0.3) is 10.1 Å². The normalized spacial score (nSPS) is 10.9. The summed E-state index contributed by atoms with van der Waals surface area (Å²) in [4.78, 5) is 1.01. The second kappa shape index (κ2) is 3.24. The Morgan fingerprint density at radius 1 is 1.54 bits per heavy atom. The Morgan fingerprint density at radius 3 is 3.00 bits per heavy atom.